The van der Waals surface area contributed by atoms with Crippen molar-refractivity contribution in [1.29, 1.82) is 0 Å². The van der Waals surface area contributed by atoms with Crippen molar-refractivity contribution in [3.05, 3.63) is 30.1 Å². The Labute approximate surface area is 104 Å². The van der Waals surface area contributed by atoms with E-state index in [-0.39, 0.29) is 17.6 Å². The summed E-state index contributed by atoms with van der Waals surface area (Å²) >= 11 is 0. The van der Waals surface area contributed by atoms with Crippen LogP contribution in [-0.2, 0) is 0 Å². The van der Waals surface area contributed by atoms with Gasteiger partial charge in [0.2, 0.25) is 0 Å². The Kier molecular flexibility index (Phi) is 3.50. The number of hydrogen-bond donors (Lipinski definition) is 1. The van der Waals surface area contributed by atoms with Crippen LogP contribution in [0.2, 0.25) is 0 Å². The Morgan fingerprint density at radius 3 is 2.71 bits per heavy atom. The Bertz CT molecular complexity index is 359. The van der Waals surface area contributed by atoms with Crippen LogP contribution in [-0.4, -0.2) is 28.0 Å². The van der Waals surface area contributed by atoms with Gasteiger partial charge in [0.15, 0.2) is 0 Å². The molecular formula is C14H23N3. The first-order valence-electron chi connectivity index (χ1n) is 6.44. The number of hydrogen-bond acceptors (Lipinski definition) is 3. The first-order valence-corrected chi connectivity index (χ1v) is 6.44. The van der Waals surface area contributed by atoms with Crippen LogP contribution in [0.4, 0.5) is 0 Å². The zero-order chi connectivity index (χ0) is 12.5. The molecule has 1 aromatic heterocycles. The molecule has 1 aromatic rings. The summed E-state index contributed by atoms with van der Waals surface area (Å²) in [5.41, 5.74) is 7.68. The monoisotopic (exact) mass is 233 g/mol. The maximum atomic E-state index is 6.20. The third-order valence-corrected chi connectivity index (χ3v) is 3.82. The van der Waals surface area contributed by atoms with E-state index in [0.29, 0.717) is 0 Å². The number of nitrogens with two attached hydrogens (primary N) is 1. The second-order valence-electron chi connectivity index (χ2n) is 5.70. The van der Waals surface area contributed by atoms with Crippen LogP contribution >= 0.6 is 0 Å². The lowest BCUT2D eigenvalue weighted by molar-refractivity contribution is 0.101. The average Bonchev–Trinajstić information content (AvgIpc) is 2.60. The summed E-state index contributed by atoms with van der Waals surface area (Å²) in [5.74, 6) is 0. The van der Waals surface area contributed by atoms with Gasteiger partial charge in [0.05, 0.1) is 6.04 Å². The molecule has 2 atom stereocenters. The lowest BCUT2D eigenvalue weighted by Gasteiger charge is -2.40. The van der Waals surface area contributed by atoms with Gasteiger partial charge in [0.1, 0.15) is 0 Å². The van der Waals surface area contributed by atoms with Crippen molar-refractivity contribution in [2.45, 2.75) is 51.2 Å². The maximum absolute atomic E-state index is 6.20. The van der Waals surface area contributed by atoms with E-state index < -0.39 is 0 Å². The molecule has 1 aliphatic rings. The van der Waals surface area contributed by atoms with Gasteiger partial charge in [-0.1, -0.05) is 6.07 Å². The third-order valence-electron chi connectivity index (χ3n) is 3.82. The summed E-state index contributed by atoms with van der Waals surface area (Å²) in [6.45, 7) is 7.84. The third kappa shape index (κ3) is 2.50. The molecule has 17 heavy (non-hydrogen) atoms. The van der Waals surface area contributed by atoms with Gasteiger partial charge in [0, 0.05) is 24.0 Å². The van der Waals surface area contributed by atoms with E-state index in [1.165, 1.54) is 18.4 Å². The van der Waals surface area contributed by atoms with Crippen molar-refractivity contribution in [3.8, 4) is 0 Å². The first-order chi connectivity index (χ1) is 8.02. The summed E-state index contributed by atoms with van der Waals surface area (Å²) in [7, 11) is 0. The van der Waals surface area contributed by atoms with Crippen LogP contribution in [0.1, 0.15) is 45.2 Å². The van der Waals surface area contributed by atoms with Crippen LogP contribution in [0.5, 0.6) is 0 Å². The lowest BCUT2D eigenvalue weighted by atomic mass is 9.95. The molecule has 1 saturated heterocycles. The molecule has 2 heterocycles. The molecule has 0 aliphatic carbocycles. The van der Waals surface area contributed by atoms with Crippen LogP contribution in [0.3, 0.4) is 0 Å². The van der Waals surface area contributed by atoms with Crippen LogP contribution < -0.4 is 5.73 Å². The number of pyridine rings is 1. The molecule has 0 amide bonds. The summed E-state index contributed by atoms with van der Waals surface area (Å²) in [6.07, 6.45) is 6.27. The molecule has 2 unspecified atom stereocenters. The Balaban J connectivity index is 2.30. The van der Waals surface area contributed by atoms with Crippen molar-refractivity contribution < 1.29 is 0 Å². The van der Waals surface area contributed by atoms with Crippen molar-refractivity contribution in [1.82, 2.24) is 9.88 Å². The minimum atomic E-state index is 0.122. The molecule has 0 saturated carbocycles. The topological polar surface area (TPSA) is 42.1 Å². The molecule has 94 valence electrons. The van der Waals surface area contributed by atoms with E-state index in [0.717, 1.165) is 6.54 Å². The summed E-state index contributed by atoms with van der Waals surface area (Å²) < 4.78 is 0. The van der Waals surface area contributed by atoms with Crippen LogP contribution in [0.25, 0.3) is 0 Å². The number of rotatable bonds is 3. The van der Waals surface area contributed by atoms with Crippen molar-refractivity contribution in [3.63, 3.8) is 0 Å². The Morgan fingerprint density at radius 1 is 1.47 bits per heavy atom. The molecule has 0 radical (unpaired) electrons. The number of likely N-dealkylation sites (tertiary alicyclic amines) is 1. The summed E-state index contributed by atoms with van der Waals surface area (Å²) in [4.78, 5) is 6.76. The molecule has 1 aliphatic heterocycles. The molecule has 2 N–H and O–H groups in total. The summed E-state index contributed by atoms with van der Waals surface area (Å²) in [6, 6.07) is 4.53. The Hall–Kier alpha value is -0.930. The van der Waals surface area contributed by atoms with Gasteiger partial charge in [-0.3, -0.25) is 9.88 Å². The highest BCUT2D eigenvalue weighted by Crippen LogP contribution is 2.37. The predicted molar refractivity (Wildman–Crippen MR) is 70.6 cm³/mol. The van der Waals surface area contributed by atoms with E-state index >= 15 is 0 Å². The fourth-order valence-electron chi connectivity index (χ4n) is 2.96. The van der Waals surface area contributed by atoms with E-state index in [1.54, 1.807) is 0 Å². The second-order valence-corrected chi connectivity index (χ2v) is 5.70. The molecule has 0 spiro atoms. The summed E-state index contributed by atoms with van der Waals surface area (Å²) in [5, 5.41) is 0. The van der Waals surface area contributed by atoms with Gasteiger partial charge in [-0.15, -0.1) is 0 Å². The molecule has 1 fully saturated rings. The van der Waals surface area contributed by atoms with Crippen molar-refractivity contribution >= 4 is 0 Å². The standard InChI is InChI=1S/C14H23N3/c1-11(15)13(12-6-4-8-16-10-12)17-9-5-7-14(17,2)3/h4,6,8,10-11,13H,5,7,9,15H2,1-3H3. The van der Waals surface area contributed by atoms with Crippen LogP contribution in [0.15, 0.2) is 24.5 Å². The number of nitrogens with zero attached hydrogens (tertiary/aromatic N) is 2. The minimum absolute atomic E-state index is 0.122. The maximum Gasteiger partial charge on any atom is 0.0516 e. The first kappa shape index (κ1) is 12.5. The molecule has 0 bridgehead atoms. The van der Waals surface area contributed by atoms with E-state index in [9.17, 15) is 0 Å². The van der Waals surface area contributed by atoms with Gasteiger partial charge in [-0.25, -0.2) is 0 Å². The lowest BCUT2D eigenvalue weighted by Crippen LogP contribution is -2.47. The number of aromatic nitrogens is 1. The smallest absolute Gasteiger partial charge is 0.0516 e. The van der Waals surface area contributed by atoms with Gasteiger partial charge in [-0.05, 0) is 51.8 Å². The van der Waals surface area contributed by atoms with E-state index in [4.69, 9.17) is 5.73 Å². The molecule has 0 aromatic carbocycles. The largest absolute Gasteiger partial charge is 0.326 e. The van der Waals surface area contributed by atoms with Gasteiger partial charge < -0.3 is 5.73 Å². The van der Waals surface area contributed by atoms with Crippen LogP contribution in [0, 0.1) is 0 Å². The van der Waals surface area contributed by atoms with E-state index in [2.05, 4.69) is 36.7 Å². The minimum Gasteiger partial charge on any atom is -0.326 e. The highest BCUT2D eigenvalue weighted by atomic mass is 15.2. The highest BCUT2D eigenvalue weighted by molar-refractivity contribution is 5.17. The van der Waals surface area contributed by atoms with Gasteiger partial charge in [-0.2, -0.15) is 0 Å². The van der Waals surface area contributed by atoms with Gasteiger partial charge >= 0.3 is 0 Å². The highest BCUT2D eigenvalue weighted by Gasteiger charge is 2.38. The predicted octanol–water partition coefficient (Wildman–Crippen LogP) is 2.34. The van der Waals surface area contributed by atoms with Gasteiger partial charge in [0.25, 0.3) is 0 Å². The van der Waals surface area contributed by atoms with Crippen molar-refractivity contribution in [2.75, 3.05) is 6.54 Å². The molecule has 3 nitrogen and oxygen atoms in total. The molecule has 3 heteroatoms. The average molecular weight is 233 g/mol. The molecular weight excluding hydrogens is 210 g/mol. The zero-order valence-electron chi connectivity index (χ0n) is 11.1. The fraction of sp³-hybridized carbons (Fsp3) is 0.643. The normalized spacial score (nSPS) is 23.5. The quantitative estimate of drug-likeness (QED) is 0.871. The Morgan fingerprint density at radius 2 is 2.24 bits per heavy atom. The fourth-order valence-corrected chi connectivity index (χ4v) is 2.96. The SMILES string of the molecule is CC(N)C(c1cccnc1)N1CCCC1(C)C. The second kappa shape index (κ2) is 4.75. The molecule has 2 rings (SSSR count). The zero-order valence-corrected chi connectivity index (χ0v) is 11.1. The van der Waals surface area contributed by atoms with E-state index in [1.807, 2.05) is 18.5 Å². The van der Waals surface area contributed by atoms with Crippen molar-refractivity contribution in [2.24, 2.45) is 5.73 Å².